The standard InChI is InChI=1S/C23H25N3O3S/c1-17-2-8-21(9-3-17)30(28,29)26-14-10-18(11-15-26)22(27)25-20-6-4-19(5-7-20)23(16-24)12-13-23/h2-9,18H,10-15H2,1H3,(H,25,27). The van der Waals surface area contributed by atoms with Gasteiger partial charge in [-0.05, 0) is 62.4 Å². The number of carbonyl (C=O) groups excluding carboxylic acids is 1. The van der Waals surface area contributed by atoms with Crippen molar-refractivity contribution in [3.05, 3.63) is 59.7 Å². The first-order valence-corrected chi connectivity index (χ1v) is 11.7. The molecule has 2 fully saturated rings. The first-order valence-electron chi connectivity index (χ1n) is 10.2. The van der Waals surface area contributed by atoms with Crippen LogP contribution in [-0.4, -0.2) is 31.7 Å². The molecule has 1 aliphatic carbocycles. The van der Waals surface area contributed by atoms with E-state index in [0.29, 0.717) is 36.5 Å². The molecule has 1 saturated heterocycles. The molecular formula is C23H25N3O3S. The van der Waals surface area contributed by atoms with Crippen LogP contribution in [0.25, 0.3) is 0 Å². The van der Waals surface area contributed by atoms with E-state index in [-0.39, 0.29) is 17.2 Å². The number of sulfonamides is 1. The predicted octanol–water partition coefficient (Wildman–Crippen LogP) is 3.59. The molecule has 1 N–H and O–H groups in total. The number of piperidine rings is 1. The molecule has 2 aliphatic rings. The van der Waals surface area contributed by atoms with Crippen molar-refractivity contribution in [1.82, 2.24) is 4.31 Å². The van der Waals surface area contributed by atoms with Gasteiger partial charge in [0.15, 0.2) is 0 Å². The van der Waals surface area contributed by atoms with Crippen LogP contribution in [0, 0.1) is 24.2 Å². The van der Waals surface area contributed by atoms with Gasteiger partial charge in [0.25, 0.3) is 0 Å². The third-order valence-corrected chi connectivity index (χ3v) is 8.07. The van der Waals surface area contributed by atoms with Crippen LogP contribution in [0.15, 0.2) is 53.4 Å². The van der Waals surface area contributed by atoms with Crippen LogP contribution in [0.1, 0.15) is 36.8 Å². The lowest BCUT2D eigenvalue weighted by Gasteiger charge is -2.30. The Morgan fingerprint density at radius 1 is 1.07 bits per heavy atom. The van der Waals surface area contributed by atoms with Crippen molar-refractivity contribution in [2.24, 2.45) is 5.92 Å². The number of aryl methyl sites for hydroxylation is 1. The Kier molecular flexibility index (Phi) is 5.39. The van der Waals surface area contributed by atoms with Crippen molar-refractivity contribution in [3.63, 3.8) is 0 Å². The summed E-state index contributed by atoms with van der Waals surface area (Å²) in [6, 6.07) is 16.7. The second kappa shape index (κ2) is 7.86. The molecule has 156 valence electrons. The van der Waals surface area contributed by atoms with Crippen LogP contribution in [0.5, 0.6) is 0 Å². The Hall–Kier alpha value is -2.69. The number of nitriles is 1. The summed E-state index contributed by atoms with van der Waals surface area (Å²) in [5.41, 5.74) is 2.38. The molecule has 0 atom stereocenters. The number of rotatable bonds is 5. The fourth-order valence-electron chi connectivity index (χ4n) is 3.92. The minimum absolute atomic E-state index is 0.0865. The van der Waals surface area contributed by atoms with E-state index in [1.165, 1.54) is 4.31 Å². The molecule has 4 rings (SSSR count). The Labute approximate surface area is 177 Å². The van der Waals surface area contributed by atoms with E-state index < -0.39 is 10.0 Å². The fraction of sp³-hybridized carbons (Fsp3) is 0.391. The Morgan fingerprint density at radius 3 is 2.20 bits per heavy atom. The van der Waals surface area contributed by atoms with Crippen molar-refractivity contribution in [2.45, 2.75) is 42.9 Å². The molecule has 2 aromatic rings. The van der Waals surface area contributed by atoms with Crippen molar-refractivity contribution in [2.75, 3.05) is 18.4 Å². The molecule has 2 aromatic carbocycles. The first kappa shape index (κ1) is 20.6. The molecule has 0 spiro atoms. The highest BCUT2D eigenvalue weighted by Crippen LogP contribution is 2.47. The Balaban J connectivity index is 1.34. The van der Waals surface area contributed by atoms with Crippen molar-refractivity contribution >= 4 is 21.6 Å². The number of carbonyl (C=O) groups is 1. The molecule has 1 aliphatic heterocycles. The summed E-state index contributed by atoms with van der Waals surface area (Å²) in [5.74, 6) is -0.306. The van der Waals surface area contributed by atoms with E-state index >= 15 is 0 Å². The monoisotopic (exact) mass is 423 g/mol. The molecule has 1 amide bonds. The van der Waals surface area contributed by atoms with Crippen molar-refractivity contribution in [1.29, 1.82) is 5.26 Å². The zero-order chi connectivity index (χ0) is 21.4. The summed E-state index contributed by atoms with van der Waals surface area (Å²) in [5, 5.41) is 12.2. The lowest BCUT2D eigenvalue weighted by Crippen LogP contribution is -2.41. The van der Waals surface area contributed by atoms with Crippen LogP contribution in [0.2, 0.25) is 0 Å². The summed E-state index contributed by atoms with van der Waals surface area (Å²) < 4.78 is 27.1. The molecule has 30 heavy (non-hydrogen) atoms. The SMILES string of the molecule is Cc1ccc(S(=O)(=O)N2CCC(C(=O)Nc3ccc(C4(C#N)CC4)cc3)CC2)cc1. The summed E-state index contributed by atoms with van der Waals surface area (Å²) in [6.07, 6.45) is 2.76. The van der Waals surface area contributed by atoms with Crippen LogP contribution in [-0.2, 0) is 20.2 Å². The number of hydrogen-bond acceptors (Lipinski definition) is 4. The Morgan fingerprint density at radius 2 is 1.67 bits per heavy atom. The minimum Gasteiger partial charge on any atom is -0.326 e. The fourth-order valence-corrected chi connectivity index (χ4v) is 5.39. The van der Waals surface area contributed by atoms with Crippen LogP contribution in [0.4, 0.5) is 5.69 Å². The number of nitrogens with one attached hydrogen (secondary N) is 1. The first-order chi connectivity index (χ1) is 14.3. The molecule has 0 radical (unpaired) electrons. The van der Waals surface area contributed by atoms with E-state index in [4.69, 9.17) is 0 Å². The molecule has 0 unspecified atom stereocenters. The zero-order valence-corrected chi connectivity index (χ0v) is 17.8. The van der Waals surface area contributed by atoms with Crippen LogP contribution in [0.3, 0.4) is 0 Å². The maximum absolute atomic E-state index is 12.8. The van der Waals surface area contributed by atoms with Gasteiger partial charge in [0.05, 0.1) is 16.4 Å². The molecule has 1 heterocycles. The van der Waals surface area contributed by atoms with Crippen molar-refractivity contribution < 1.29 is 13.2 Å². The van der Waals surface area contributed by atoms with Crippen molar-refractivity contribution in [3.8, 4) is 6.07 Å². The normalized spacial score (nSPS) is 19.1. The lowest BCUT2D eigenvalue weighted by molar-refractivity contribution is -0.120. The number of anilines is 1. The smallest absolute Gasteiger partial charge is 0.243 e. The van der Waals surface area contributed by atoms with Gasteiger partial charge in [-0.2, -0.15) is 9.57 Å². The van der Waals surface area contributed by atoms with E-state index in [2.05, 4.69) is 11.4 Å². The second-order valence-corrected chi connectivity index (χ2v) is 10.2. The van der Waals surface area contributed by atoms with E-state index in [9.17, 15) is 18.5 Å². The van der Waals surface area contributed by atoms with Gasteiger partial charge >= 0.3 is 0 Å². The average molecular weight is 424 g/mol. The number of benzene rings is 2. The van der Waals surface area contributed by atoms with Gasteiger partial charge < -0.3 is 5.32 Å². The highest BCUT2D eigenvalue weighted by atomic mass is 32.2. The zero-order valence-electron chi connectivity index (χ0n) is 17.0. The molecule has 7 heteroatoms. The van der Waals surface area contributed by atoms with Gasteiger partial charge in [0, 0.05) is 24.7 Å². The topological polar surface area (TPSA) is 90.3 Å². The Bertz CT molecular complexity index is 1070. The van der Waals surface area contributed by atoms with Gasteiger partial charge in [-0.1, -0.05) is 29.8 Å². The second-order valence-electron chi connectivity index (χ2n) is 8.25. The summed E-state index contributed by atoms with van der Waals surface area (Å²) >= 11 is 0. The van der Waals surface area contributed by atoms with Gasteiger partial charge in [0.1, 0.15) is 0 Å². The molecule has 6 nitrogen and oxygen atoms in total. The summed E-state index contributed by atoms with van der Waals surface area (Å²) in [4.78, 5) is 12.9. The minimum atomic E-state index is -3.53. The molecule has 0 bridgehead atoms. The highest BCUT2D eigenvalue weighted by molar-refractivity contribution is 7.89. The quantitative estimate of drug-likeness (QED) is 0.796. The molecular weight excluding hydrogens is 398 g/mol. The van der Waals surface area contributed by atoms with Crippen LogP contribution >= 0.6 is 0 Å². The summed E-state index contributed by atoms with van der Waals surface area (Å²) in [6.45, 7) is 2.58. The van der Waals surface area contributed by atoms with E-state index in [1.54, 1.807) is 24.3 Å². The van der Waals surface area contributed by atoms with Gasteiger partial charge in [-0.25, -0.2) is 8.42 Å². The predicted molar refractivity (Wildman–Crippen MR) is 114 cm³/mol. The van der Waals surface area contributed by atoms with Gasteiger partial charge in [-0.15, -0.1) is 0 Å². The van der Waals surface area contributed by atoms with E-state index in [1.807, 2.05) is 31.2 Å². The number of nitrogens with zero attached hydrogens (tertiary/aromatic N) is 2. The maximum atomic E-state index is 12.8. The number of amides is 1. The lowest BCUT2D eigenvalue weighted by atomic mass is 9.96. The third-order valence-electron chi connectivity index (χ3n) is 6.15. The van der Waals surface area contributed by atoms with E-state index in [0.717, 1.165) is 24.0 Å². The van der Waals surface area contributed by atoms with Crippen LogP contribution < -0.4 is 5.32 Å². The average Bonchev–Trinajstić information content (AvgIpc) is 3.56. The third kappa shape index (κ3) is 3.98. The van der Waals surface area contributed by atoms with Gasteiger partial charge in [-0.3, -0.25) is 4.79 Å². The number of hydrogen-bond donors (Lipinski definition) is 1. The maximum Gasteiger partial charge on any atom is 0.243 e. The summed E-state index contributed by atoms with van der Waals surface area (Å²) in [7, 11) is -3.53. The largest absolute Gasteiger partial charge is 0.326 e. The van der Waals surface area contributed by atoms with Gasteiger partial charge in [0.2, 0.25) is 15.9 Å². The highest BCUT2D eigenvalue weighted by Gasteiger charge is 2.44. The molecule has 1 saturated carbocycles. The molecule has 0 aromatic heterocycles.